The summed E-state index contributed by atoms with van der Waals surface area (Å²) in [4.78, 5) is 10.7. The number of hydrogen-bond donors (Lipinski definition) is 2. The summed E-state index contributed by atoms with van der Waals surface area (Å²) in [5, 5.41) is 3.19. The molecule has 1 aliphatic heterocycles. The number of rotatable bonds is 6. The van der Waals surface area contributed by atoms with Crippen LogP contribution in [0.3, 0.4) is 0 Å². The molecule has 0 bridgehead atoms. The molecule has 0 unspecified atom stereocenters. The normalized spacial score (nSPS) is 14.0. The molecule has 2 aromatic carbocycles. The lowest BCUT2D eigenvalue weighted by Crippen LogP contribution is -2.21. The minimum Gasteiger partial charge on any atom is -0.341 e. The first-order valence-corrected chi connectivity index (χ1v) is 11.2. The van der Waals surface area contributed by atoms with Crippen molar-refractivity contribution in [2.75, 3.05) is 28.0 Å². The van der Waals surface area contributed by atoms with Crippen LogP contribution in [-0.4, -0.2) is 31.5 Å². The van der Waals surface area contributed by atoms with Crippen LogP contribution in [0.5, 0.6) is 0 Å². The maximum absolute atomic E-state index is 13.4. The van der Waals surface area contributed by atoms with Crippen LogP contribution in [0.15, 0.2) is 53.4 Å². The molecule has 4 rings (SSSR count). The molecule has 2 heterocycles. The van der Waals surface area contributed by atoms with Crippen molar-refractivity contribution in [3.8, 4) is 0 Å². The van der Waals surface area contributed by atoms with E-state index in [1.54, 1.807) is 24.3 Å². The number of nitrogens with one attached hydrogen (secondary N) is 2. The van der Waals surface area contributed by atoms with E-state index in [9.17, 15) is 17.2 Å². The van der Waals surface area contributed by atoms with Gasteiger partial charge < -0.3 is 10.2 Å². The largest absolute Gasteiger partial charge is 0.341 e. The number of hydrogen-bond acceptors (Lipinski definition) is 6. The SMILES string of the molecule is Cc1cc(Nc2ccc(NS(=O)(=O)c3cc(F)cc(F)c3)cc2)nc(N2CCCC2)n1. The third-order valence-corrected chi connectivity index (χ3v) is 6.15. The van der Waals surface area contributed by atoms with Gasteiger partial charge in [0.25, 0.3) is 10.0 Å². The predicted molar refractivity (Wildman–Crippen MR) is 115 cm³/mol. The molecule has 3 aromatic rings. The standard InChI is InChI=1S/C21H21F2N5O2S/c1-14-10-20(26-21(24-14)28-8-2-3-9-28)25-17-4-6-18(7-5-17)27-31(29,30)19-12-15(22)11-16(23)13-19/h4-7,10-13,27H,2-3,8-9H2,1H3,(H,24,25,26). The number of nitrogens with zero attached hydrogens (tertiary/aromatic N) is 3. The quantitative estimate of drug-likeness (QED) is 0.591. The van der Waals surface area contributed by atoms with Crippen molar-refractivity contribution in [3.63, 3.8) is 0 Å². The fourth-order valence-electron chi connectivity index (χ4n) is 3.34. The van der Waals surface area contributed by atoms with Gasteiger partial charge in [-0.25, -0.2) is 22.2 Å². The summed E-state index contributed by atoms with van der Waals surface area (Å²) in [7, 11) is -4.13. The maximum atomic E-state index is 13.4. The Morgan fingerprint density at radius 2 is 1.52 bits per heavy atom. The van der Waals surface area contributed by atoms with Gasteiger partial charge in [-0.15, -0.1) is 0 Å². The van der Waals surface area contributed by atoms with Crippen molar-refractivity contribution in [2.45, 2.75) is 24.7 Å². The summed E-state index contributed by atoms with van der Waals surface area (Å²) in [6.45, 7) is 3.78. The molecule has 1 aliphatic rings. The average molecular weight is 445 g/mol. The first kappa shape index (κ1) is 21.0. The Hall–Kier alpha value is -3.27. The molecule has 1 saturated heterocycles. The van der Waals surface area contributed by atoms with Gasteiger partial charge in [0.15, 0.2) is 0 Å². The van der Waals surface area contributed by atoms with Crippen molar-refractivity contribution >= 4 is 33.2 Å². The molecule has 1 fully saturated rings. The Kier molecular flexibility index (Phi) is 5.73. The fourth-order valence-corrected chi connectivity index (χ4v) is 4.44. The van der Waals surface area contributed by atoms with Gasteiger partial charge in [0.2, 0.25) is 5.95 Å². The second-order valence-electron chi connectivity index (χ2n) is 7.30. The van der Waals surface area contributed by atoms with E-state index >= 15 is 0 Å². The number of aryl methyl sites for hydroxylation is 1. The molecule has 0 aliphatic carbocycles. The van der Waals surface area contributed by atoms with Gasteiger partial charge in [0, 0.05) is 42.3 Å². The third-order valence-electron chi connectivity index (χ3n) is 4.79. The van der Waals surface area contributed by atoms with Crippen molar-refractivity contribution < 1.29 is 17.2 Å². The summed E-state index contributed by atoms with van der Waals surface area (Å²) in [5.41, 5.74) is 1.79. The van der Waals surface area contributed by atoms with Crippen molar-refractivity contribution in [1.82, 2.24) is 9.97 Å². The molecule has 162 valence electrons. The summed E-state index contributed by atoms with van der Waals surface area (Å²) >= 11 is 0. The molecule has 0 radical (unpaired) electrons. The molecule has 10 heteroatoms. The van der Waals surface area contributed by atoms with E-state index < -0.39 is 26.6 Å². The molecule has 2 N–H and O–H groups in total. The first-order chi connectivity index (χ1) is 14.8. The van der Waals surface area contributed by atoms with Gasteiger partial charge in [0.05, 0.1) is 4.90 Å². The van der Waals surface area contributed by atoms with Gasteiger partial charge >= 0.3 is 0 Å². The van der Waals surface area contributed by atoms with Gasteiger partial charge in [-0.1, -0.05) is 0 Å². The van der Waals surface area contributed by atoms with Gasteiger partial charge in [-0.05, 0) is 56.2 Å². The molecular formula is C21H21F2N5O2S. The number of benzene rings is 2. The van der Waals surface area contributed by atoms with Gasteiger partial charge in [0.1, 0.15) is 17.5 Å². The second-order valence-corrected chi connectivity index (χ2v) is 8.98. The van der Waals surface area contributed by atoms with Crippen LogP contribution >= 0.6 is 0 Å². The van der Waals surface area contributed by atoms with Crippen LogP contribution in [0.2, 0.25) is 0 Å². The average Bonchev–Trinajstić information content (AvgIpc) is 3.23. The Bertz CT molecular complexity index is 1180. The highest BCUT2D eigenvalue weighted by atomic mass is 32.2. The van der Waals surface area contributed by atoms with E-state index in [2.05, 4.69) is 24.9 Å². The minimum atomic E-state index is -4.13. The first-order valence-electron chi connectivity index (χ1n) is 9.75. The molecule has 0 amide bonds. The van der Waals surface area contributed by atoms with Crippen molar-refractivity contribution in [3.05, 3.63) is 65.9 Å². The number of halogens is 2. The van der Waals surface area contributed by atoms with Crippen LogP contribution in [0.25, 0.3) is 0 Å². The van der Waals surface area contributed by atoms with E-state index in [0.29, 0.717) is 23.5 Å². The number of aromatic nitrogens is 2. The second kappa shape index (κ2) is 8.46. The lowest BCUT2D eigenvalue weighted by Gasteiger charge is -2.17. The fraction of sp³-hybridized carbons (Fsp3) is 0.238. The van der Waals surface area contributed by atoms with E-state index in [0.717, 1.165) is 43.8 Å². The lowest BCUT2D eigenvalue weighted by atomic mass is 10.3. The van der Waals surface area contributed by atoms with E-state index in [-0.39, 0.29) is 5.69 Å². The Balaban J connectivity index is 1.48. The lowest BCUT2D eigenvalue weighted by molar-refractivity contribution is 0.568. The van der Waals surface area contributed by atoms with Crippen LogP contribution in [0.4, 0.5) is 31.9 Å². The third kappa shape index (κ3) is 5.08. The Morgan fingerprint density at radius 1 is 0.903 bits per heavy atom. The predicted octanol–water partition coefficient (Wildman–Crippen LogP) is 4.21. The topological polar surface area (TPSA) is 87.2 Å². The minimum absolute atomic E-state index is 0.256. The highest BCUT2D eigenvalue weighted by Crippen LogP contribution is 2.23. The van der Waals surface area contributed by atoms with Crippen molar-refractivity contribution in [1.29, 1.82) is 0 Å². The summed E-state index contributed by atoms with van der Waals surface area (Å²) in [5.74, 6) is -0.605. The zero-order valence-electron chi connectivity index (χ0n) is 16.8. The highest BCUT2D eigenvalue weighted by molar-refractivity contribution is 7.92. The van der Waals surface area contributed by atoms with Crippen LogP contribution in [0, 0.1) is 18.6 Å². The Labute approximate surface area is 179 Å². The smallest absolute Gasteiger partial charge is 0.262 e. The molecule has 31 heavy (non-hydrogen) atoms. The maximum Gasteiger partial charge on any atom is 0.262 e. The zero-order valence-corrected chi connectivity index (χ0v) is 17.6. The van der Waals surface area contributed by atoms with Crippen molar-refractivity contribution in [2.24, 2.45) is 0 Å². The molecule has 1 aromatic heterocycles. The monoisotopic (exact) mass is 445 g/mol. The van der Waals surface area contributed by atoms with Gasteiger partial charge in [-0.2, -0.15) is 4.98 Å². The molecule has 0 saturated carbocycles. The van der Waals surface area contributed by atoms with E-state index in [4.69, 9.17) is 0 Å². The van der Waals surface area contributed by atoms with Crippen LogP contribution in [0.1, 0.15) is 18.5 Å². The molecule has 0 spiro atoms. The van der Waals surface area contributed by atoms with E-state index in [1.807, 2.05) is 13.0 Å². The number of sulfonamides is 1. The number of anilines is 4. The van der Waals surface area contributed by atoms with Crippen LogP contribution < -0.4 is 14.9 Å². The summed E-state index contributed by atoms with van der Waals surface area (Å²) < 4.78 is 53.8. The summed E-state index contributed by atoms with van der Waals surface area (Å²) in [6, 6.07) is 10.4. The molecule has 0 atom stereocenters. The van der Waals surface area contributed by atoms with Gasteiger partial charge in [-0.3, -0.25) is 4.72 Å². The highest BCUT2D eigenvalue weighted by Gasteiger charge is 2.18. The van der Waals surface area contributed by atoms with Crippen LogP contribution in [-0.2, 0) is 10.0 Å². The molecular weight excluding hydrogens is 424 g/mol. The summed E-state index contributed by atoms with van der Waals surface area (Å²) in [6.07, 6.45) is 2.25. The zero-order chi connectivity index (χ0) is 22.0. The molecule has 7 nitrogen and oxygen atoms in total. The van der Waals surface area contributed by atoms with E-state index in [1.165, 1.54) is 0 Å². The Morgan fingerprint density at radius 3 is 2.16 bits per heavy atom.